The second kappa shape index (κ2) is 4.36. The molecule has 0 aromatic rings. The number of nitrogens with one attached hydrogen (secondary N) is 1. The lowest BCUT2D eigenvalue weighted by molar-refractivity contribution is 0.407. The maximum Gasteiger partial charge on any atom is 0.157 e. The molecule has 0 aromatic carbocycles. The summed E-state index contributed by atoms with van der Waals surface area (Å²) >= 11 is 1.91. The van der Waals surface area contributed by atoms with Crippen molar-refractivity contribution in [2.24, 2.45) is 16.8 Å². The second-order valence-electron chi connectivity index (χ2n) is 5.02. The van der Waals surface area contributed by atoms with Gasteiger partial charge in [-0.3, -0.25) is 4.99 Å². The van der Waals surface area contributed by atoms with Crippen LogP contribution in [-0.4, -0.2) is 23.0 Å². The second-order valence-corrected chi connectivity index (χ2v) is 5.98. The van der Waals surface area contributed by atoms with E-state index in [1.807, 2.05) is 11.8 Å². The third-order valence-electron chi connectivity index (χ3n) is 3.96. The highest BCUT2D eigenvalue weighted by molar-refractivity contribution is 8.14. The SMILES string of the molecule is CCC1(CC)CSC(=NCC2CC2C)N1. The molecule has 2 nitrogen and oxygen atoms in total. The molecule has 1 aliphatic heterocycles. The number of hydrogen-bond acceptors (Lipinski definition) is 2. The Morgan fingerprint density at radius 3 is 2.60 bits per heavy atom. The Morgan fingerprint density at radius 2 is 2.13 bits per heavy atom. The fourth-order valence-corrected chi connectivity index (χ4v) is 3.42. The summed E-state index contributed by atoms with van der Waals surface area (Å²) in [5.74, 6) is 2.99. The molecule has 3 heteroatoms. The number of rotatable bonds is 4. The Bertz CT molecular complexity index is 258. The quantitative estimate of drug-likeness (QED) is 0.797. The van der Waals surface area contributed by atoms with Crippen LogP contribution in [-0.2, 0) is 0 Å². The smallest absolute Gasteiger partial charge is 0.157 e. The van der Waals surface area contributed by atoms with Crippen molar-refractivity contribution in [2.45, 2.75) is 45.6 Å². The van der Waals surface area contributed by atoms with Gasteiger partial charge in [-0.1, -0.05) is 32.5 Å². The van der Waals surface area contributed by atoms with Gasteiger partial charge in [0.05, 0.1) is 0 Å². The molecule has 1 saturated carbocycles. The van der Waals surface area contributed by atoms with Gasteiger partial charge in [0.1, 0.15) is 0 Å². The summed E-state index contributed by atoms with van der Waals surface area (Å²) in [6.45, 7) is 7.90. The lowest BCUT2D eigenvalue weighted by Crippen LogP contribution is -2.42. The molecule has 2 unspecified atom stereocenters. The Balaban J connectivity index is 1.85. The van der Waals surface area contributed by atoms with Crippen molar-refractivity contribution in [1.29, 1.82) is 0 Å². The van der Waals surface area contributed by atoms with Crippen LogP contribution in [0.4, 0.5) is 0 Å². The molecule has 2 atom stereocenters. The van der Waals surface area contributed by atoms with Gasteiger partial charge in [0.15, 0.2) is 5.17 Å². The average Bonchev–Trinajstić information content (AvgIpc) is 2.82. The minimum atomic E-state index is 0.332. The van der Waals surface area contributed by atoms with E-state index in [9.17, 15) is 0 Å². The standard InChI is InChI=1S/C12H22N2S/c1-4-12(5-2)8-15-11(14-12)13-7-10-6-9(10)3/h9-10H,4-8H2,1-3H3,(H,13,14). The van der Waals surface area contributed by atoms with E-state index < -0.39 is 0 Å². The normalized spacial score (nSPS) is 35.5. The van der Waals surface area contributed by atoms with Crippen LogP contribution in [0.3, 0.4) is 0 Å². The van der Waals surface area contributed by atoms with Crippen LogP contribution < -0.4 is 5.32 Å². The third-order valence-corrected chi connectivity index (χ3v) is 5.16. The highest BCUT2D eigenvalue weighted by atomic mass is 32.2. The summed E-state index contributed by atoms with van der Waals surface area (Å²) in [6.07, 6.45) is 3.79. The first-order chi connectivity index (χ1) is 7.19. The molecule has 0 aromatic heterocycles. The molecule has 0 radical (unpaired) electrons. The highest BCUT2D eigenvalue weighted by Crippen LogP contribution is 2.38. The summed E-state index contributed by atoms with van der Waals surface area (Å²) in [5, 5.41) is 4.81. The zero-order chi connectivity index (χ0) is 10.9. The molecule has 2 fully saturated rings. The van der Waals surface area contributed by atoms with E-state index in [-0.39, 0.29) is 0 Å². The average molecular weight is 226 g/mol. The van der Waals surface area contributed by atoms with Crippen molar-refractivity contribution in [3.63, 3.8) is 0 Å². The Hall–Kier alpha value is -0.180. The molecule has 1 aliphatic carbocycles. The van der Waals surface area contributed by atoms with Crippen molar-refractivity contribution in [1.82, 2.24) is 5.32 Å². The predicted molar refractivity (Wildman–Crippen MR) is 68.5 cm³/mol. The van der Waals surface area contributed by atoms with Crippen molar-refractivity contribution in [3.8, 4) is 0 Å². The van der Waals surface area contributed by atoms with Gasteiger partial charge in [0, 0.05) is 17.8 Å². The first-order valence-electron chi connectivity index (χ1n) is 6.14. The monoisotopic (exact) mass is 226 g/mol. The topological polar surface area (TPSA) is 24.4 Å². The van der Waals surface area contributed by atoms with Crippen LogP contribution in [0.5, 0.6) is 0 Å². The molecule has 1 heterocycles. The van der Waals surface area contributed by atoms with Crippen LogP contribution in [0.15, 0.2) is 4.99 Å². The summed E-state index contributed by atoms with van der Waals surface area (Å²) in [6, 6.07) is 0. The van der Waals surface area contributed by atoms with E-state index in [4.69, 9.17) is 4.99 Å². The largest absolute Gasteiger partial charge is 0.359 e. The lowest BCUT2D eigenvalue weighted by Gasteiger charge is -2.25. The third kappa shape index (κ3) is 2.49. The van der Waals surface area contributed by atoms with Crippen molar-refractivity contribution in [3.05, 3.63) is 0 Å². The van der Waals surface area contributed by atoms with Crippen LogP contribution in [0.1, 0.15) is 40.0 Å². The van der Waals surface area contributed by atoms with Crippen molar-refractivity contribution >= 4 is 16.9 Å². The van der Waals surface area contributed by atoms with Gasteiger partial charge in [0.25, 0.3) is 0 Å². The fraction of sp³-hybridized carbons (Fsp3) is 0.917. The molecule has 1 N–H and O–H groups in total. The van der Waals surface area contributed by atoms with Crippen LogP contribution in [0, 0.1) is 11.8 Å². The highest BCUT2D eigenvalue weighted by Gasteiger charge is 2.35. The summed E-state index contributed by atoms with van der Waals surface area (Å²) in [5.41, 5.74) is 0.332. The summed E-state index contributed by atoms with van der Waals surface area (Å²) in [7, 11) is 0. The summed E-state index contributed by atoms with van der Waals surface area (Å²) < 4.78 is 0. The van der Waals surface area contributed by atoms with E-state index in [1.165, 1.54) is 30.2 Å². The molecule has 86 valence electrons. The number of amidine groups is 1. The van der Waals surface area contributed by atoms with Crippen LogP contribution in [0.25, 0.3) is 0 Å². The van der Waals surface area contributed by atoms with E-state index in [2.05, 4.69) is 26.1 Å². The predicted octanol–water partition coefficient (Wildman–Crippen LogP) is 2.89. The molecule has 15 heavy (non-hydrogen) atoms. The van der Waals surface area contributed by atoms with Crippen molar-refractivity contribution < 1.29 is 0 Å². The Kier molecular flexibility index (Phi) is 3.29. The van der Waals surface area contributed by atoms with Gasteiger partial charge in [-0.25, -0.2) is 0 Å². The molecular formula is C12H22N2S. The maximum atomic E-state index is 4.70. The van der Waals surface area contributed by atoms with Gasteiger partial charge in [-0.15, -0.1) is 0 Å². The van der Waals surface area contributed by atoms with Gasteiger partial charge in [-0.05, 0) is 31.1 Å². The maximum absolute atomic E-state index is 4.70. The van der Waals surface area contributed by atoms with E-state index >= 15 is 0 Å². The zero-order valence-electron chi connectivity index (χ0n) is 10.0. The number of aliphatic imine (C=N–C) groups is 1. The van der Waals surface area contributed by atoms with E-state index in [0.717, 1.165) is 18.4 Å². The van der Waals surface area contributed by atoms with E-state index in [1.54, 1.807) is 0 Å². The molecular weight excluding hydrogens is 204 g/mol. The van der Waals surface area contributed by atoms with Gasteiger partial charge >= 0.3 is 0 Å². The Morgan fingerprint density at radius 1 is 1.47 bits per heavy atom. The number of thioether (sulfide) groups is 1. The Labute approximate surface area is 97.3 Å². The molecule has 1 saturated heterocycles. The fourth-order valence-electron chi connectivity index (χ4n) is 2.08. The van der Waals surface area contributed by atoms with E-state index in [0.29, 0.717) is 5.54 Å². The lowest BCUT2D eigenvalue weighted by atomic mass is 9.96. The number of hydrogen-bond donors (Lipinski definition) is 1. The minimum absolute atomic E-state index is 0.332. The van der Waals surface area contributed by atoms with Gasteiger partial charge in [0.2, 0.25) is 0 Å². The van der Waals surface area contributed by atoms with Crippen LogP contribution in [0.2, 0.25) is 0 Å². The molecule has 2 aliphatic rings. The first-order valence-corrected chi connectivity index (χ1v) is 7.13. The van der Waals surface area contributed by atoms with Crippen LogP contribution >= 0.6 is 11.8 Å². The minimum Gasteiger partial charge on any atom is -0.359 e. The van der Waals surface area contributed by atoms with Crippen molar-refractivity contribution in [2.75, 3.05) is 12.3 Å². The first kappa shape index (κ1) is 11.3. The zero-order valence-corrected chi connectivity index (χ0v) is 10.9. The molecule has 0 bridgehead atoms. The van der Waals surface area contributed by atoms with Gasteiger partial charge in [-0.2, -0.15) is 0 Å². The summed E-state index contributed by atoms with van der Waals surface area (Å²) in [4.78, 5) is 4.70. The molecule has 0 spiro atoms. The van der Waals surface area contributed by atoms with Gasteiger partial charge < -0.3 is 5.32 Å². The molecule has 2 rings (SSSR count). The molecule has 0 amide bonds. The number of nitrogens with zero attached hydrogens (tertiary/aromatic N) is 1.